The lowest BCUT2D eigenvalue weighted by Crippen LogP contribution is -2.57. The van der Waals surface area contributed by atoms with Gasteiger partial charge in [-0.15, -0.1) is 0 Å². The first-order valence-electron chi connectivity index (χ1n) is 12.3. The van der Waals surface area contributed by atoms with Crippen LogP contribution in [0.4, 0.5) is 5.69 Å². The molecule has 0 N–H and O–H groups in total. The second kappa shape index (κ2) is 9.74. The Morgan fingerprint density at radius 2 is 1.64 bits per heavy atom. The van der Waals surface area contributed by atoms with E-state index in [1.807, 2.05) is 29.2 Å². The molecule has 3 saturated heterocycles. The molecule has 3 aliphatic rings. The molecule has 176 valence electrons. The predicted octanol–water partition coefficient (Wildman–Crippen LogP) is 3.67. The van der Waals surface area contributed by atoms with Crippen molar-refractivity contribution in [3.63, 3.8) is 0 Å². The Kier molecular flexibility index (Phi) is 6.56. The first-order chi connectivity index (χ1) is 16.2. The summed E-state index contributed by atoms with van der Waals surface area (Å²) in [6.07, 6.45) is 4.05. The fraction of sp³-hybridized carbons (Fsp3) is 0.519. The van der Waals surface area contributed by atoms with E-state index in [1.54, 1.807) is 7.11 Å². The Hall–Kier alpha value is -2.57. The fourth-order valence-electron chi connectivity index (χ4n) is 5.68. The van der Waals surface area contributed by atoms with Gasteiger partial charge in [-0.1, -0.05) is 18.2 Å². The molecule has 6 nitrogen and oxygen atoms in total. The van der Waals surface area contributed by atoms with Gasteiger partial charge in [0.15, 0.2) is 0 Å². The number of carbonyl (C=O) groups excluding carboxylic acids is 1. The summed E-state index contributed by atoms with van der Waals surface area (Å²) in [5.41, 5.74) is 1.98. The molecule has 2 aromatic carbocycles. The van der Waals surface area contributed by atoms with Gasteiger partial charge >= 0.3 is 0 Å². The highest BCUT2D eigenvalue weighted by Crippen LogP contribution is 2.37. The van der Waals surface area contributed by atoms with Gasteiger partial charge in [0, 0.05) is 63.2 Å². The predicted molar refractivity (Wildman–Crippen MR) is 130 cm³/mol. The van der Waals surface area contributed by atoms with Crippen LogP contribution in [0.5, 0.6) is 5.75 Å². The van der Waals surface area contributed by atoms with E-state index in [0.717, 1.165) is 82.9 Å². The number of carbonyl (C=O) groups is 1. The zero-order valence-corrected chi connectivity index (χ0v) is 19.6. The molecule has 0 saturated carbocycles. The molecule has 5 rings (SSSR count). The number of ether oxygens (including phenoxy) is 2. The van der Waals surface area contributed by atoms with Crippen LogP contribution in [0.3, 0.4) is 0 Å². The number of anilines is 1. The largest absolute Gasteiger partial charge is 0.497 e. The first kappa shape index (κ1) is 22.2. The molecule has 33 heavy (non-hydrogen) atoms. The highest BCUT2D eigenvalue weighted by molar-refractivity contribution is 5.94. The van der Waals surface area contributed by atoms with Gasteiger partial charge in [-0.2, -0.15) is 0 Å². The van der Waals surface area contributed by atoms with E-state index in [0.29, 0.717) is 6.04 Å². The van der Waals surface area contributed by atoms with E-state index >= 15 is 0 Å². The number of hydrogen-bond acceptors (Lipinski definition) is 5. The van der Waals surface area contributed by atoms with E-state index < -0.39 is 0 Å². The summed E-state index contributed by atoms with van der Waals surface area (Å²) in [4.78, 5) is 20.1. The molecule has 3 fully saturated rings. The number of benzene rings is 2. The third-order valence-electron chi connectivity index (χ3n) is 7.72. The molecular weight excluding hydrogens is 414 g/mol. The van der Waals surface area contributed by atoms with Crippen molar-refractivity contribution < 1.29 is 14.3 Å². The molecule has 0 radical (unpaired) electrons. The van der Waals surface area contributed by atoms with Crippen LogP contribution < -0.4 is 9.64 Å². The summed E-state index contributed by atoms with van der Waals surface area (Å²) >= 11 is 0. The van der Waals surface area contributed by atoms with Crippen LogP contribution in [0, 0.1) is 0 Å². The van der Waals surface area contributed by atoms with Crippen LogP contribution in [-0.2, 0) is 4.74 Å². The SMILES string of the molecule is COc1ccc(C(=O)N2CCC3(CC2)CC(N2CCN(c4ccccc4)CC2)CCO3)cc1. The van der Waals surface area contributed by atoms with Gasteiger partial charge in [-0.05, 0) is 62.1 Å². The Balaban J connectivity index is 1.15. The topological polar surface area (TPSA) is 45.2 Å². The number of likely N-dealkylation sites (tertiary alicyclic amines) is 1. The molecular formula is C27H35N3O3. The molecule has 2 aromatic rings. The van der Waals surface area contributed by atoms with Crippen molar-refractivity contribution in [1.29, 1.82) is 0 Å². The van der Waals surface area contributed by atoms with Gasteiger partial charge in [-0.3, -0.25) is 9.69 Å². The van der Waals surface area contributed by atoms with Crippen LogP contribution in [0.15, 0.2) is 54.6 Å². The molecule has 1 amide bonds. The van der Waals surface area contributed by atoms with Crippen LogP contribution >= 0.6 is 0 Å². The van der Waals surface area contributed by atoms with Crippen molar-refractivity contribution in [3.8, 4) is 5.75 Å². The van der Waals surface area contributed by atoms with E-state index in [1.165, 1.54) is 5.69 Å². The average Bonchev–Trinajstić information content (AvgIpc) is 2.89. The van der Waals surface area contributed by atoms with Crippen molar-refractivity contribution in [2.75, 3.05) is 57.9 Å². The number of hydrogen-bond donors (Lipinski definition) is 0. The Bertz CT molecular complexity index is 917. The minimum atomic E-state index is -0.0732. The van der Waals surface area contributed by atoms with Crippen molar-refractivity contribution in [3.05, 3.63) is 60.2 Å². The summed E-state index contributed by atoms with van der Waals surface area (Å²) < 4.78 is 11.6. The van der Waals surface area contributed by atoms with Gasteiger partial charge in [0.1, 0.15) is 5.75 Å². The highest BCUT2D eigenvalue weighted by Gasteiger charge is 2.43. The maximum atomic E-state index is 13.0. The zero-order valence-electron chi connectivity index (χ0n) is 19.6. The van der Waals surface area contributed by atoms with Crippen LogP contribution in [0.25, 0.3) is 0 Å². The first-order valence-corrected chi connectivity index (χ1v) is 12.3. The van der Waals surface area contributed by atoms with Crippen molar-refractivity contribution in [2.45, 2.75) is 37.3 Å². The summed E-state index contributed by atoms with van der Waals surface area (Å²) in [6.45, 7) is 6.74. The number of rotatable bonds is 4. The Labute approximate surface area is 197 Å². The Morgan fingerprint density at radius 1 is 0.939 bits per heavy atom. The number of piperidine rings is 1. The minimum absolute atomic E-state index is 0.0732. The molecule has 0 aromatic heterocycles. The van der Waals surface area contributed by atoms with E-state index in [-0.39, 0.29) is 11.5 Å². The van der Waals surface area contributed by atoms with Crippen molar-refractivity contribution in [2.24, 2.45) is 0 Å². The monoisotopic (exact) mass is 449 g/mol. The van der Waals surface area contributed by atoms with Gasteiger partial charge in [0.25, 0.3) is 5.91 Å². The highest BCUT2D eigenvalue weighted by atomic mass is 16.5. The molecule has 3 heterocycles. The fourth-order valence-corrected chi connectivity index (χ4v) is 5.68. The lowest BCUT2D eigenvalue weighted by atomic mass is 9.81. The molecule has 0 aliphatic carbocycles. The van der Waals surface area contributed by atoms with E-state index in [2.05, 4.69) is 40.1 Å². The van der Waals surface area contributed by atoms with Gasteiger partial charge in [-0.25, -0.2) is 0 Å². The third-order valence-corrected chi connectivity index (χ3v) is 7.72. The lowest BCUT2D eigenvalue weighted by Gasteiger charge is -2.50. The maximum Gasteiger partial charge on any atom is 0.253 e. The standard InChI is InChI=1S/C27H35N3O3/c1-32-25-9-7-22(8-10-25)26(31)30-14-12-27(13-15-30)21-24(11-20-33-27)29-18-16-28(17-19-29)23-5-3-2-4-6-23/h2-10,24H,11-21H2,1H3. The van der Waals surface area contributed by atoms with Crippen LogP contribution in [0.2, 0.25) is 0 Å². The second-order valence-corrected chi connectivity index (χ2v) is 9.56. The summed E-state index contributed by atoms with van der Waals surface area (Å²) in [5.74, 6) is 0.882. The molecule has 0 bridgehead atoms. The summed E-state index contributed by atoms with van der Waals surface area (Å²) in [6, 6.07) is 18.7. The molecule has 6 heteroatoms. The third kappa shape index (κ3) is 4.87. The number of nitrogens with zero attached hydrogens (tertiary/aromatic N) is 3. The second-order valence-electron chi connectivity index (χ2n) is 9.56. The minimum Gasteiger partial charge on any atom is -0.497 e. The number of piperazine rings is 1. The molecule has 1 unspecified atom stereocenters. The Morgan fingerprint density at radius 3 is 2.30 bits per heavy atom. The van der Waals surface area contributed by atoms with Gasteiger partial charge < -0.3 is 19.3 Å². The number of para-hydroxylation sites is 1. The number of amides is 1. The molecule has 1 spiro atoms. The number of methoxy groups -OCH3 is 1. The maximum absolute atomic E-state index is 13.0. The summed E-state index contributed by atoms with van der Waals surface area (Å²) in [5, 5.41) is 0. The average molecular weight is 450 g/mol. The van der Waals surface area contributed by atoms with Crippen LogP contribution in [0.1, 0.15) is 36.0 Å². The lowest BCUT2D eigenvalue weighted by molar-refractivity contribution is -0.130. The van der Waals surface area contributed by atoms with E-state index in [9.17, 15) is 4.79 Å². The zero-order chi connectivity index (χ0) is 22.7. The van der Waals surface area contributed by atoms with E-state index in [4.69, 9.17) is 9.47 Å². The van der Waals surface area contributed by atoms with Crippen molar-refractivity contribution in [1.82, 2.24) is 9.80 Å². The normalized spacial score (nSPS) is 23.5. The quantitative estimate of drug-likeness (QED) is 0.713. The molecule has 1 atom stereocenters. The van der Waals surface area contributed by atoms with Crippen molar-refractivity contribution >= 4 is 11.6 Å². The van der Waals surface area contributed by atoms with Gasteiger partial charge in [0.05, 0.1) is 12.7 Å². The summed E-state index contributed by atoms with van der Waals surface area (Å²) in [7, 11) is 1.64. The molecule has 3 aliphatic heterocycles. The van der Waals surface area contributed by atoms with Gasteiger partial charge in [0.2, 0.25) is 0 Å². The smallest absolute Gasteiger partial charge is 0.253 e. The van der Waals surface area contributed by atoms with Crippen LogP contribution in [-0.4, -0.2) is 80.3 Å².